The molecule has 12 heterocycles. The second-order valence-corrected chi connectivity index (χ2v) is 30.7. The van der Waals surface area contributed by atoms with Gasteiger partial charge in [0.2, 0.25) is 0 Å². The van der Waals surface area contributed by atoms with Crippen molar-refractivity contribution in [2.45, 2.75) is 184 Å². The van der Waals surface area contributed by atoms with Gasteiger partial charge in [-0.2, -0.15) is 26.3 Å². The van der Waals surface area contributed by atoms with Crippen LogP contribution in [0.15, 0.2) is 91.8 Å². The first-order valence-corrected chi connectivity index (χ1v) is 39.7. The molecule has 0 spiro atoms. The van der Waals surface area contributed by atoms with Gasteiger partial charge in [-0.25, -0.2) is 45.1 Å². The van der Waals surface area contributed by atoms with Crippen LogP contribution >= 0.6 is 0 Å². The average molecular weight is 1700 g/mol. The van der Waals surface area contributed by atoms with Crippen LogP contribution < -0.4 is 20.7 Å². The van der Waals surface area contributed by atoms with E-state index < -0.39 is 137 Å². The van der Waals surface area contributed by atoms with Gasteiger partial charge in [0.1, 0.15) is 46.5 Å². The molecule has 0 radical (unpaired) electrons. The molecule has 0 aromatic carbocycles. The molecule has 6 aliphatic heterocycles. The predicted octanol–water partition coefficient (Wildman–Crippen LogP) is 9.87. The maximum absolute atomic E-state index is 15.9. The summed E-state index contributed by atoms with van der Waals surface area (Å²) >= 11 is 0. The van der Waals surface area contributed by atoms with Gasteiger partial charge in [-0.05, 0) is 87.7 Å². The largest absolute Gasteiger partial charge is 0.370 e. The van der Waals surface area contributed by atoms with Gasteiger partial charge in [-0.3, -0.25) is 43.9 Å². The number of hydrogen-bond donors (Lipinski definition) is 4. The predicted molar refractivity (Wildman–Crippen MR) is 410 cm³/mol. The Balaban J connectivity index is 0.000000190. The molecular formula is C78H95B2F15N18O7. The number of amides is 5. The van der Waals surface area contributed by atoms with Gasteiger partial charge in [0.15, 0.2) is 11.3 Å². The summed E-state index contributed by atoms with van der Waals surface area (Å²) in [4.78, 5) is 99.8. The summed E-state index contributed by atoms with van der Waals surface area (Å²) in [6, 6.07) is 10.9. The third-order valence-electron chi connectivity index (χ3n) is 22.3. The standard InChI is InChI=1S/C27H31BF6N6O3.C26H31BF6N6O3.C25H33F3N6O/c1-2-40(28-43)23-13-18(3-8-35-23)16-37-11-6-26(31,7-12-37)24(41)38-9-4-20(5-10-38)39(25(42)27(32,33)34)17-22-21(30)14-19(29)15-36-22;1-27(42)36-22-12-17(2-7-34-22)15-37-10-5-25(30,6-11-37)23(40)38-8-3-19(4-9-38)39(24(41)26(31,32)33)16-21-20(29)13-18(28)14-35-21;1-2-29-23-13-18(3-8-30-23)17-33-11-6-25(28,7-12-33)24(35)34-9-4-20(5-10-34)31-16-22-21(27)14-19(26)15-32-22/h3,8,13-15,20H,2,4-7,9-12,16-17H2,1H3;2,7,12-14,19,42H,3-6,8-11,15-16H2,1H3,(H,34,36);3,8,13-15,20,31H,2,4-7,9-12,16-17H2,1H3,(H,29,30). The van der Waals surface area contributed by atoms with Crippen LogP contribution in [0.25, 0.3) is 0 Å². The van der Waals surface area contributed by atoms with Gasteiger partial charge < -0.3 is 40.5 Å². The molecule has 5 amide bonds. The minimum absolute atomic E-state index is 0.0650. The molecule has 6 aromatic rings. The monoisotopic (exact) mass is 1700 g/mol. The van der Waals surface area contributed by atoms with E-state index in [2.05, 4.69) is 50.7 Å². The Labute approximate surface area is 684 Å². The van der Waals surface area contributed by atoms with Gasteiger partial charge in [-0.15, -0.1) is 0 Å². The number of rotatable bonds is 25. The second-order valence-electron chi connectivity index (χ2n) is 30.7. The van der Waals surface area contributed by atoms with Crippen molar-refractivity contribution in [2.24, 2.45) is 0 Å². The number of pyridine rings is 6. The number of piperidine rings is 6. The van der Waals surface area contributed by atoms with Gasteiger partial charge >= 0.3 is 172 Å². The fraction of sp³-hybridized carbons (Fsp3) is 0.551. The van der Waals surface area contributed by atoms with E-state index in [0.717, 1.165) is 41.3 Å². The molecule has 0 aliphatic carbocycles. The number of aromatic nitrogens is 6. The Hall–Kier alpha value is -9.67. The number of carbonyl (C=O) groups is 5. The van der Waals surface area contributed by atoms with E-state index in [0.29, 0.717) is 132 Å². The molecule has 0 saturated carbocycles. The zero-order chi connectivity index (χ0) is 86.9. The van der Waals surface area contributed by atoms with Gasteiger partial charge in [0.25, 0.3) is 11.8 Å². The van der Waals surface area contributed by atoms with Crippen LogP contribution in [0, 0.1) is 34.9 Å². The zero-order valence-corrected chi connectivity index (χ0v) is 66.4. The van der Waals surface area contributed by atoms with Crippen molar-refractivity contribution in [3.05, 3.63) is 160 Å². The van der Waals surface area contributed by atoms with Crippen molar-refractivity contribution in [1.29, 1.82) is 0 Å². The van der Waals surface area contributed by atoms with Crippen LogP contribution in [0.5, 0.6) is 0 Å². The number of nitrogens with one attached hydrogen (secondary N) is 3. The number of likely N-dealkylation sites (tertiary alicyclic amines) is 6. The maximum atomic E-state index is 15.9. The van der Waals surface area contributed by atoms with Crippen molar-refractivity contribution < 1.29 is 99.6 Å². The number of carbonyl (C=O) groups excluding carboxylic acids is 5. The van der Waals surface area contributed by atoms with Crippen molar-refractivity contribution in [2.75, 3.05) is 107 Å². The third kappa shape index (κ3) is 25.0. The quantitative estimate of drug-likeness (QED) is 0.0307. The number of halogens is 15. The molecule has 120 heavy (non-hydrogen) atoms. The summed E-state index contributed by atoms with van der Waals surface area (Å²) in [5.41, 5.74) is -4.13. The van der Waals surface area contributed by atoms with E-state index in [4.69, 9.17) is 0 Å². The molecule has 6 aliphatic rings. The van der Waals surface area contributed by atoms with Crippen LogP contribution in [0.3, 0.4) is 0 Å². The molecular weight excluding hydrogens is 1610 g/mol. The summed E-state index contributed by atoms with van der Waals surface area (Å²) in [6.45, 7) is 9.56. The van der Waals surface area contributed by atoms with Crippen LogP contribution in [-0.4, -0.2) is 257 Å². The molecule has 650 valence electrons. The first-order valence-electron chi connectivity index (χ1n) is 39.7. The van der Waals surface area contributed by atoms with Crippen LogP contribution in [0.2, 0.25) is 6.82 Å². The molecule has 0 atom stereocenters. The summed E-state index contributed by atoms with van der Waals surface area (Å²) in [7, 11) is -0.0957. The number of nitrogens with zero attached hydrogens (tertiary/aromatic N) is 15. The summed E-state index contributed by atoms with van der Waals surface area (Å²) in [6.07, 6.45) is -2.22. The molecule has 25 nitrogen and oxygen atoms in total. The Morgan fingerprint density at radius 3 is 1.20 bits per heavy atom. The normalized spacial score (nSPS) is 18.2. The van der Waals surface area contributed by atoms with E-state index >= 15 is 13.2 Å². The fourth-order valence-electron chi connectivity index (χ4n) is 15.5. The van der Waals surface area contributed by atoms with Gasteiger partial charge in [-0.1, -0.05) is 0 Å². The van der Waals surface area contributed by atoms with Crippen LogP contribution in [0.4, 0.5) is 83.3 Å². The SMILES string of the molecule is CB(O)Nc1cc(CN2CCC(F)(C(=O)N3CCC(N(Cc4ncc(F)cc4F)C(=O)C(F)(F)F)CC3)CC2)ccn1.CCN(B=O)c1cc(CN2CCC(F)(C(=O)N3CCC(N(Cc4ncc(F)cc4F)C(=O)C(F)(F)F)CC3)CC2)ccn1.CCNc1cc(CN2CCC(F)(C(=O)N3CCC(NCc4ncc(F)cc4F)CC3)CC2)ccn1. The maximum Gasteiger partial charge on any atom is 0.260 e. The van der Waals surface area contributed by atoms with Crippen molar-refractivity contribution in [3.8, 4) is 0 Å². The fourth-order valence-corrected chi connectivity index (χ4v) is 15.5. The summed E-state index contributed by atoms with van der Waals surface area (Å²) in [5.74, 6) is -10.3. The van der Waals surface area contributed by atoms with Crippen molar-refractivity contribution in [1.82, 2.24) is 74.4 Å². The van der Waals surface area contributed by atoms with E-state index in [1.54, 1.807) is 54.6 Å². The smallest absolute Gasteiger partial charge is 0.260 e. The summed E-state index contributed by atoms with van der Waals surface area (Å²) in [5, 5.41) is 18.7. The minimum atomic E-state index is -5.25. The van der Waals surface area contributed by atoms with Crippen molar-refractivity contribution in [3.63, 3.8) is 0 Å². The summed E-state index contributed by atoms with van der Waals surface area (Å²) < 4.78 is 220. The first kappa shape index (κ1) is 92.6. The zero-order valence-electron chi connectivity index (χ0n) is 66.4. The van der Waals surface area contributed by atoms with E-state index in [1.165, 1.54) is 14.6 Å². The van der Waals surface area contributed by atoms with Crippen LogP contribution in [0.1, 0.15) is 125 Å². The third-order valence-corrected chi connectivity index (χ3v) is 22.3. The van der Waals surface area contributed by atoms with Gasteiger partial charge in [0, 0.05) is 153 Å². The van der Waals surface area contributed by atoms with E-state index in [9.17, 15) is 86.4 Å². The first-order chi connectivity index (χ1) is 56.9. The molecule has 6 fully saturated rings. The molecule has 12 rings (SSSR count). The molecule has 0 unspecified atom stereocenters. The molecule has 6 saturated heterocycles. The molecule has 4 N–H and O–H groups in total. The number of alkyl halides is 9. The van der Waals surface area contributed by atoms with Crippen LogP contribution in [-0.2, 0) is 67.9 Å². The molecule has 0 bridgehead atoms. The topological polar surface area (TPSA) is 265 Å². The number of hydrogen-bond acceptors (Lipinski definition) is 19. The Kier molecular flexibility index (Phi) is 31.8. The van der Waals surface area contributed by atoms with Gasteiger partial charge in [0.05, 0.1) is 48.8 Å². The van der Waals surface area contributed by atoms with Crippen molar-refractivity contribution >= 4 is 61.3 Å². The Morgan fingerprint density at radius 1 is 0.500 bits per heavy atom. The van der Waals surface area contributed by atoms with E-state index in [1.807, 2.05) is 35.8 Å². The Morgan fingerprint density at radius 2 is 0.850 bits per heavy atom. The Bertz CT molecular complexity index is 4470. The molecule has 42 heteroatoms. The van der Waals surface area contributed by atoms with E-state index in [-0.39, 0.29) is 122 Å². The second kappa shape index (κ2) is 41.3. The minimum Gasteiger partial charge on any atom is -0.370 e. The molecule has 6 aromatic heterocycles. The average Bonchev–Trinajstić information content (AvgIpc) is 0.791. The number of anilines is 3.